The highest BCUT2D eigenvalue weighted by molar-refractivity contribution is 6.30. The molecule has 1 aliphatic rings. The lowest BCUT2D eigenvalue weighted by atomic mass is 9.78. The van der Waals surface area contributed by atoms with Crippen molar-refractivity contribution in [3.8, 4) is 0 Å². The largest absolute Gasteiger partial charge is 0.550 e. The van der Waals surface area contributed by atoms with E-state index in [1.807, 2.05) is 0 Å². The van der Waals surface area contributed by atoms with Crippen molar-refractivity contribution >= 4 is 29.2 Å². The number of rotatable bonds is 3. The van der Waals surface area contributed by atoms with Crippen LogP contribution in [0.15, 0.2) is 18.2 Å². The molecule has 2 rings (SSSR count). The predicted molar refractivity (Wildman–Crippen MR) is 70.5 cm³/mol. The van der Waals surface area contributed by atoms with Crippen molar-refractivity contribution in [3.63, 3.8) is 0 Å². The number of anilines is 1. The van der Waals surface area contributed by atoms with Crippen LogP contribution in [0.3, 0.4) is 0 Å². The van der Waals surface area contributed by atoms with Crippen LogP contribution in [-0.4, -0.2) is 11.9 Å². The Hall–Kier alpha value is -1.62. The van der Waals surface area contributed by atoms with Gasteiger partial charge in [-0.25, -0.2) is 4.39 Å². The molecule has 1 amide bonds. The minimum Gasteiger partial charge on any atom is -0.550 e. The summed E-state index contributed by atoms with van der Waals surface area (Å²) in [4.78, 5) is 23.2. The second-order valence-corrected chi connectivity index (χ2v) is 5.37. The number of hydrogen-bond acceptors (Lipinski definition) is 3. The lowest BCUT2D eigenvalue weighted by Gasteiger charge is -2.31. The Kier molecular flexibility index (Phi) is 4.60. The first kappa shape index (κ1) is 14.8. The van der Waals surface area contributed by atoms with Crippen LogP contribution in [0.25, 0.3) is 0 Å². The van der Waals surface area contributed by atoms with Gasteiger partial charge in [0.15, 0.2) is 0 Å². The molecule has 108 valence electrons. The highest BCUT2D eigenvalue weighted by Gasteiger charge is 2.32. The molecule has 1 aliphatic carbocycles. The van der Waals surface area contributed by atoms with Gasteiger partial charge >= 0.3 is 0 Å². The van der Waals surface area contributed by atoms with Crippen molar-refractivity contribution in [2.75, 3.05) is 5.32 Å². The SMILES string of the molecule is O=C(Nc1ccc(Cl)cc1F)[C@H]1CCCC[C@H]1C(=O)[O-]. The number of amides is 1. The van der Waals surface area contributed by atoms with E-state index in [2.05, 4.69) is 5.32 Å². The molecule has 0 aliphatic heterocycles. The highest BCUT2D eigenvalue weighted by atomic mass is 35.5. The maximum Gasteiger partial charge on any atom is 0.228 e. The molecule has 1 aromatic rings. The Morgan fingerprint density at radius 2 is 1.90 bits per heavy atom. The van der Waals surface area contributed by atoms with Crippen LogP contribution >= 0.6 is 11.6 Å². The second-order valence-electron chi connectivity index (χ2n) is 4.93. The van der Waals surface area contributed by atoms with Gasteiger partial charge in [-0.05, 0) is 31.0 Å². The molecular weight excluding hydrogens is 285 g/mol. The Balaban J connectivity index is 2.12. The van der Waals surface area contributed by atoms with E-state index in [1.165, 1.54) is 12.1 Å². The first-order valence-corrected chi connectivity index (χ1v) is 6.83. The quantitative estimate of drug-likeness (QED) is 0.927. The van der Waals surface area contributed by atoms with E-state index in [-0.39, 0.29) is 10.7 Å². The van der Waals surface area contributed by atoms with Crippen LogP contribution in [0.5, 0.6) is 0 Å². The average molecular weight is 299 g/mol. The number of carboxylic acid groups (broad SMARTS) is 1. The molecule has 0 bridgehead atoms. The number of halogens is 2. The topological polar surface area (TPSA) is 69.2 Å². The Morgan fingerprint density at radius 3 is 2.50 bits per heavy atom. The normalized spacial score (nSPS) is 22.3. The molecule has 1 aromatic carbocycles. The summed E-state index contributed by atoms with van der Waals surface area (Å²) >= 11 is 5.63. The van der Waals surface area contributed by atoms with Gasteiger partial charge in [-0.2, -0.15) is 0 Å². The van der Waals surface area contributed by atoms with Crippen molar-refractivity contribution in [2.24, 2.45) is 11.8 Å². The fourth-order valence-electron chi connectivity index (χ4n) is 2.54. The summed E-state index contributed by atoms with van der Waals surface area (Å²) in [6.07, 6.45) is 2.44. The summed E-state index contributed by atoms with van der Waals surface area (Å²) in [5.74, 6) is -3.84. The summed E-state index contributed by atoms with van der Waals surface area (Å²) < 4.78 is 13.6. The molecule has 6 heteroatoms. The molecule has 1 N–H and O–H groups in total. The van der Waals surface area contributed by atoms with Crippen molar-refractivity contribution in [3.05, 3.63) is 29.0 Å². The van der Waals surface area contributed by atoms with E-state index in [0.717, 1.165) is 18.9 Å². The van der Waals surface area contributed by atoms with E-state index in [1.54, 1.807) is 0 Å². The smallest absolute Gasteiger partial charge is 0.228 e. The van der Waals surface area contributed by atoms with Gasteiger partial charge in [-0.1, -0.05) is 24.4 Å². The van der Waals surface area contributed by atoms with Crippen molar-refractivity contribution in [1.29, 1.82) is 0 Å². The molecule has 1 fully saturated rings. The number of aliphatic carboxylic acids is 1. The zero-order chi connectivity index (χ0) is 14.7. The highest BCUT2D eigenvalue weighted by Crippen LogP contribution is 2.31. The van der Waals surface area contributed by atoms with Crippen molar-refractivity contribution < 1.29 is 19.1 Å². The zero-order valence-corrected chi connectivity index (χ0v) is 11.5. The van der Waals surface area contributed by atoms with E-state index < -0.39 is 29.5 Å². The van der Waals surface area contributed by atoms with Gasteiger partial charge in [0.25, 0.3) is 0 Å². The summed E-state index contributed by atoms with van der Waals surface area (Å²) in [7, 11) is 0. The Morgan fingerprint density at radius 1 is 1.25 bits per heavy atom. The third kappa shape index (κ3) is 3.28. The molecule has 0 aromatic heterocycles. The lowest BCUT2D eigenvalue weighted by molar-refractivity contribution is -0.313. The number of nitrogens with one attached hydrogen (secondary N) is 1. The number of carbonyl (C=O) groups excluding carboxylic acids is 2. The first-order valence-electron chi connectivity index (χ1n) is 6.46. The summed E-state index contributed by atoms with van der Waals surface area (Å²) in [6, 6.07) is 3.90. The van der Waals surface area contributed by atoms with Crippen LogP contribution in [0, 0.1) is 17.7 Å². The molecule has 1 saturated carbocycles. The maximum atomic E-state index is 13.6. The average Bonchev–Trinajstić information content (AvgIpc) is 2.41. The van der Waals surface area contributed by atoms with Gasteiger partial charge in [-0.15, -0.1) is 0 Å². The molecule has 4 nitrogen and oxygen atoms in total. The van der Waals surface area contributed by atoms with Crippen molar-refractivity contribution in [1.82, 2.24) is 0 Å². The van der Waals surface area contributed by atoms with Gasteiger partial charge in [-0.3, -0.25) is 4.79 Å². The number of carbonyl (C=O) groups is 2. The summed E-state index contributed by atoms with van der Waals surface area (Å²) in [6.45, 7) is 0. The van der Waals surface area contributed by atoms with Gasteiger partial charge < -0.3 is 15.2 Å². The minimum absolute atomic E-state index is 0.00192. The number of carboxylic acids is 1. The summed E-state index contributed by atoms with van der Waals surface area (Å²) in [5.41, 5.74) is 0.00192. The molecule has 0 spiro atoms. The molecule has 20 heavy (non-hydrogen) atoms. The van der Waals surface area contributed by atoms with Crippen LogP contribution in [0.2, 0.25) is 5.02 Å². The monoisotopic (exact) mass is 298 g/mol. The fourth-order valence-corrected chi connectivity index (χ4v) is 2.70. The van der Waals surface area contributed by atoms with E-state index in [0.29, 0.717) is 12.8 Å². The molecule has 0 saturated heterocycles. The van der Waals surface area contributed by atoms with E-state index >= 15 is 0 Å². The summed E-state index contributed by atoms with van der Waals surface area (Å²) in [5, 5.41) is 13.7. The molecule has 2 atom stereocenters. The van der Waals surface area contributed by atoms with Crippen LogP contribution in [0.1, 0.15) is 25.7 Å². The Labute approximate surface area is 120 Å². The third-order valence-corrected chi connectivity index (χ3v) is 3.83. The lowest BCUT2D eigenvalue weighted by Crippen LogP contribution is -2.42. The molecular formula is C14H14ClFNO3-. The van der Waals surface area contributed by atoms with Crippen LogP contribution in [-0.2, 0) is 9.59 Å². The van der Waals surface area contributed by atoms with Gasteiger partial charge in [0.1, 0.15) is 5.82 Å². The number of benzene rings is 1. The van der Waals surface area contributed by atoms with Crippen LogP contribution < -0.4 is 10.4 Å². The number of hydrogen-bond donors (Lipinski definition) is 1. The standard InChI is InChI=1S/C14H15ClFNO3/c15-8-5-6-12(11(16)7-8)17-13(18)9-3-1-2-4-10(9)14(19)20/h5-7,9-10H,1-4H2,(H,17,18)(H,19,20)/p-1/t9-,10+/m0/s1. The van der Waals surface area contributed by atoms with Crippen LogP contribution in [0.4, 0.5) is 10.1 Å². The Bertz CT molecular complexity index is 535. The zero-order valence-electron chi connectivity index (χ0n) is 10.7. The van der Waals surface area contributed by atoms with E-state index in [4.69, 9.17) is 11.6 Å². The molecule has 0 heterocycles. The predicted octanol–water partition coefficient (Wildman–Crippen LogP) is 1.97. The van der Waals surface area contributed by atoms with Gasteiger partial charge in [0, 0.05) is 22.8 Å². The molecule has 0 unspecified atom stereocenters. The minimum atomic E-state index is -1.22. The second kappa shape index (κ2) is 6.22. The van der Waals surface area contributed by atoms with Crippen molar-refractivity contribution in [2.45, 2.75) is 25.7 Å². The third-order valence-electron chi connectivity index (χ3n) is 3.59. The molecule has 0 radical (unpaired) electrons. The first-order chi connectivity index (χ1) is 9.49. The van der Waals surface area contributed by atoms with Gasteiger partial charge in [0.05, 0.1) is 5.69 Å². The fraction of sp³-hybridized carbons (Fsp3) is 0.429. The van der Waals surface area contributed by atoms with E-state index in [9.17, 15) is 19.1 Å². The maximum absolute atomic E-state index is 13.6. The van der Waals surface area contributed by atoms with Gasteiger partial charge in [0.2, 0.25) is 5.91 Å².